The van der Waals surface area contributed by atoms with Gasteiger partial charge in [0.15, 0.2) is 9.84 Å². The van der Waals surface area contributed by atoms with Gasteiger partial charge in [0.2, 0.25) is 0 Å². The number of nitrogens with one attached hydrogen (secondary N) is 1. The normalized spacial score (nSPS) is 11.3. The van der Waals surface area contributed by atoms with E-state index in [1.165, 1.54) is 6.26 Å². The highest BCUT2D eigenvalue weighted by molar-refractivity contribution is 7.90. The molecule has 0 unspecified atom stereocenters. The summed E-state index contributed by atoms with van der Waals surface area (Å²) in [5.41, 5.74) is 0.993. The molecule has 0 saturated carbocycles. The summed E-state index contributed by atoms with van der Waals surface area (Å²) in [6.45, 7) is 3.86. The highest BCUT2D eigenvalue weighted by atomic mass is 32.2. The van der Waals surface area contributed by atoms with Gasteiger partial charge in [-0.25, -0.2) is 8.42 Å². The molecular formula is C14H23NO4S. The first-order valence-corrected chi connectivity index (χ1v) is 8.70. The van der Waals surface area contributed by atoms with Crippen LogP contribution in [0.5, 0.6) is 11.5 Å². The summed E-state index contributed by atoms with van der Waals surface area (Å²) in [5, 5.41) is 3.30. The van der Waals surface area contributed by atoms with Crippen LogP contribution in [-0.2, 0) is 16.4 Å². The topological polar surface area (TPSA) is 64.6 Å². The minimum Gasteiger partial charge on any atom is -0.497 e. The maximum Gasteiger partial charge on any atom is 0.150 e. The van der Waals surface area contributed by atoms with E-state index in [4.69, 9.17) is 9.47 Å². The Kier molecular flexibility index (Phi) is 6.81. The third-order valence-corrected chi connectivity index (χ3v) is 3.64. The van der Waals surface area contributed by atoms with E-state index in [1.54, 1.807) is 13.2 Å². The lowest BCUT2D eigenvalue weighted by Gasteiger charge is -2.13. The van der Waals surface area contributed by atoms with E-state index in [1.807, 2.05) is 12.1 Å². The summed E-state index contributed by atoms with van der Waals surface area (Å²) in [7, 11) is -1.43. The lowest BCUT2D eigenvalue weighted by molar-refractivity contribution is 0.332. The van der Waals surface area contributed by atoms with Gasteiger partial charge in [-0.15, -0.1) is 0 Å². The van der Waals surface area contributed by atoms with E-state index in [0.29, 0.717) is 18.0 Å². The van der Waals surface area contributed by atoms with Crippen LogP contribution in [0.25, 0.3) is 0 Å². The maximum atomic E-state index is 11.1. The van der Waals surface area contributed by atoms with Crippen LogP contribution in [0.3, 0.4) is 0 Å². The van der Waals surface area contributed by atoms with Crippen LogP contribution >= 0.6 is 0 Å². The molecule has 0 heterocycles. The Morgan fingerprint density at radius 2 is 2.05 bits per heavy atom. The molecule has 0 aliphatic rings. The molecule has 0 aromatic heterocycles. The monoisotopic (exact) mass is 301 g/mol. The van der Waals surface area contributed by atoms with Crippen molar-refractivity contribution in [3.8, 4) is 11.5 Å². The summed E-state index contributed by atoms with van der Waals surface area (Å²) in [6.07, 6.45) is 2.26. The second kappa shape index (κ2) is 8.11. The minimum atomic E-state index is -3.02. The Hall–Kier alpha value is -1.27. The van der Waals surface area contributed by atoms with Gasteiger partial charge in [0, 0.05) is 24.4 Å². The molecule has 6 heteroatoms. The zero-order valence-corrected chi connectivity index (χ0v) is 13.1. The number of hydrogen-bond donors (Lipinski definition) is 1. The summed E-state index contributed by atoms with van der Waals surface area (Å²) < 4.78 is 33.0. The number of ether oxygens (including phenoxy) is 2. The van der Waals surface area contributed by atoms with Crippen molar-refractivity contribution in [2.24, 2.45) is 0 Å². The Morgan fingerprint density at radius 3 is 2.65 bits per heavy atom. The lowest BCUT2D eigenvalue weighted by Crippen LogP contribution is -2.16. The maximum absolute atomic E-state index is 11.1. The summed E-state index contributed by atoms with van der Waals surface area (Å²) in [4.78, 5) is 0. The van der Waals surface area contributed by atoms with E-state index in [9.17, 15) is 8.42 Å². The van der Waals surface area contributed by atoms with E-state index < -0.39 is 9.84 Å². The second-order valence-corrected chi connectivity index (χ2v) is 6.89. The van der Waals surface area contributed by atoms with Crippen molar-refractivity contribution in [2.75, 3.05) is 32.3 Å². The number of sulfone groups is 1. The second-order valence-electron chi connectivity index (χ2n) is 4.63. The van der Waals surface area contributed by atoms with Gasteiger partial charge < -0.3 is 14.8 Å². The zero-order valence-electron chi connectivity index (χ0n) is 12.3. The Morgan fingerprint density at radius 1 is 1.30 bits per heavy atom. The van der Waals surface area contributed by atoms with Crippen LogP contribution in [-0.4, -0.2) is 40.7 Å². The van der Waals surface area contributed by atoms with Gasteiger partial charge in [0.05, 0.1) is 12.9 Å². The van der Waals surface area contributed by atoms with Crippen molar-refractivity contribution < 1.29 is 17.9 Å². The summed E-state index contributed by atoms with van der Waals surface area (Å²) >= 11 is 0. The molecule has 20 heavy (non-hydrogen) atoms. The number of rotatable bonds is 9. The molecule has 0 saturated heterocycles. The molecule has 0 fully saturated rings. The zero-order chi connectivity index (χ0) is 15.0. The predicted octanol–water partition coefficient (Wildman–Crippen LogP) is 1.62. The van der Waals surface area contributed by atoms with Crippen LogP contribution in [0, 0.1) is 0 Å². The van der Waals surface area contributed by atoms with Crippen molar-refractivity contribution >= 4 is 9.84 Å². The van der Waals surface area contributed by atoms with Crippen molar-refractivity contribution in [2.45, 2.75) is 19.9 Å². The molecular weight excluding hydrogens is 278 g/mol. The standard InChI is InChI=1S/C14H23NO4S/c1-4-7-15-11-12-5-6-13(18-2)10-14(12)19-8-9-20(3,16)17/h5-6,10,15H,4,7-9,11H2,1-3H3. The predicted molar refractivity (Wildman–Crippen MR) is 80.2 cm³/mol. The SMILES string of the molecule is CCCNCc1ccc(OC)cc1OCCS(C)(=O)=O. The Bertz CT molecular complexity index is 514. The van der Waals surface area contributed by atoms with Crippen molar-refractivity contribution in [1.29, 1.82) is 0 Å². The van der Waals surface area contributed by atoms with E-state index in [-0.39, 0.29) is 12.4 Å². The largest absolute Gasteiger partial charge is 0.497 e. The van der Waals surface area contributed by atoms with Crippen LogP contribution in [0.15, 0.2) is 18.2 Å². The highest BCUT2D eigenvalue weighted by Crippen LogP contribution is 2.24. The van der Waals surface area contributed by atoms with Gasteiger partial charge in [-0.3, -0.25) is 0 Å². The lowest BCUT2D eigenvalue weighted by atomic mass is 10.2. The smallest absolute Gasteiger partial charge is 0.150 e. The van der Waals surface area contributed by atoms with E-state index >= 15 is 0 Å². The molecule has 1 aromatic carbocycles. The van der Waals surface area contributed by atoms with E-state index in [2.05, 4.69) is 12.2 Å². The number of hydrogen-bond acceptors (Lipinski definition) is 5. The third kappa shape index (κ3) is 6.25. The van der Waals surface area contributed by atoms with E-state index in [0.717, 1.165) is 18.5 Å². The average molecular weight is 301 g/mol. The average Bonchev–Trinajstić information content (AvgIpc) is 2.39. The first-order chi connectivity index (χ1) is 9.46. The fraction of sp³-hybridized carbons (Fsp3) is 0.571. The van der Waals surface area contributed by atoms with Gasteiger partial charge in [-0.05, 0) is 19.0 Å². The molecule has 0 aliphatic heterocycles. The molecule has 1 aromatic rings. The molecule has 0 amide bonds. The molecule has 0 spiro atoms. The molecule has 0 bridgehead atoms. The molecule has 114 valence electrons. The number of benzene rings is 1. The van der Waals surface area contributed by atoms with Crippen LogP contribution in [0.2, 0.25) is 0 Å². The van der Waals surface area contributed by atoms with Gasteiger partial charge in [-0.1, -0.05) is 13.0 Å². The third-order valence-electron chi connectivity index (χ3n) is 2.73. The Labute approximate surface area is 121 Å². The van der Waals surface area contributed by atoms with Crippen molar-refractivity contribution in [3.63, 3.8) is 0 Å². The first kappa shape index (κ1) is 16.8. The molecule has 5 nitrogen and oxygen atoms in total. The minimum absolute atomic E-state index is 0.00599. The van der Waals surface area contributed by atoms with Gasteiger partial charge in [-0.2, -0.15) is 0 Å². The quantitative estimate of drug-likeness (QED) is 0.702. The summed E-state index contributed by atoms with van der Waals surface area (Å²) in [6, 6.07) is 5.58. The molecule has 1 N–H and O–H groups in total. The fourth-order valence-corrected chi connectivity index (χ4v) is 2.03. The summed E-state index contributed by atoms with van der Waals surface area (Å²) in [5.74, 6) is 1.36. The van der Waals surface area contributed by atoms with Gasteiger partial charge >= 0.3 is 0 Å². The van der Waals surface area contributed by atoms with Crippen LogP contribution in [0.1, 0.15) is 18.9 Å². The van der Waals surface area contributed by atoms with Crippen LogP contribution < -0.4 is 14.8 Å². The fourth-order valence-electron chi connectivity index (χ4n) is 1.65. The molecule has 0 radical (unpaired) electrons. The van der Waals surface area contributed by atoms with Crippen LogP contribution in [0.4, 0.5) is 0 Å². The number of methoxy groups -OCH3 is 1. The van der Waals surface area contributed by atoms with Gasteiger partial charge in [0.1, 0.15) is 18.1 Å². The van der Waals surface area contributed by atoms with Gasteiger partial charge in [0.25, 0.3) is 0 Å². The molecule has 1 rings (SSSR count). The van der Waals surface area contributed by atoms with Crippen molar-refractivity contribution in [3.05, 3.63) is 23.8 Å². The first-order valence-electron chi connectivity index (χ1n) is 6.64. The highest BCUT2D eigenvalue weighted by Gasteiger charge is 2.08. The molecule has 0 aliphatic carbocycles. The van der Waals surface area contributed by atoms with Crippen molar-refractivity contribution in [1.82, 2.24) is 5.32 Å². The Balaban J connectivity index is 2.72. The molecule has 0 atom stereocenters.